The van der Waals surface area contributed by atoms with Crippen LogP contribution in [0.25, 0.3) is 0 Å². The number of hydrogen-bond donors (Lipinski definition) is 2. The maximum Gasteiger partial charge on any atom is 0.230 e. The molecule has 2 fully saturated rings. The Morgan fingerprint density at radius 2 is 2.00 bits per heavy atom. The van der Waals surface area contributed by atoms with Crippen molar-refractivity contribution >= 4 is 5.91 Å². The number of carbonyl (C=O) groups excluding carboxylic acids is 1. The van der Waals surface area contributed by atoms with E-state index in [1.54, 1.807) is 0 Å². The lowest BCUT2D eigenvalue weighted by Gasteiger charge is -2.32. The molecule has 1 saturated heterocycles. The zero-order valence-corrected chi connectivity index (χ0v) is 10.9. The summed E-state index contributed by atoms with van der Waals surface area (Å²) in [7, 11) is 0. The van der Waals surface area contributed by atoms with Gasteiger partial charge in [0.15, 0.2) is 0 Å². The van der Waals surface area contributed by atoms with Crippen LogP contribution >= 0.6 is 0 Å². The minimum atomic E-state index is -0.539. The zero-order valence-electron chi connectivity index (χ0n) is 10.9. The molecule has 3 N–H and O–H groups in total. The first-order chi connectivity index (χ1) is 8.02. The summed E-state index contributed by atoms with van der Waals surface area (Å²) >= 11 is 0. The van der Waals surface area contributed by atoms with Crippen LogP contribution in [0.3, 0.4) is 0 Å². The molecule has 98 valence electrons. The number of ether oxygens (including phenoxy) is 1. The molecule has 0 aromatic heterocycles. The Labute approximate surface area is 103 Å². The van der Waals surface area contributed by atoms with Crippen molar-refractivity contribution in [3.05, 3.63) is 0 Å². The van der Waals surface area contributed by atoms with Crippen molar-refractivity contribution in [1.82, 2.24) is 5.32 Å². The van der Waals surface area contributed by atoms with Crippen molar-refractivity contribution in [3.8, 4) is 0 Å². The van der Waals surface area contributed by atoms with Gasteiger partial charge in [0, 0.05) is 12.1 Å². The maximum atomic E-state index is 12.3. The maximum absolute atomic E-state index is 12.3. The highest BCUT2D eigenvalue weighted by Crippen LogP contribution is 2.29. The Balaban J connectivity index is 1.88. The fourth-order valence-electron chi connectivity index (χ4n) is 2.68. The first-order valence-electron chi connectivity index (χ1n) is 6.66. The van der Waals surface area contributed by atoms with Gasteiger partial charge < -0.3 is 15.8 Å². The second-order valence-corrected chi connectivity index (χ2v) is 5.97. The van der Waals surface area contributed by atoms with Crippen molar-refractivity contribution in [1.29, 1.82) is 0 Å². The van der Waals surface area contributed by atoms with Crippen LogP contribution in [0, 0.1) is 11.3 Å². The summed E-state index contributed by atoms with van der Waals surface area (Å²) < 4.78 is 5.31. The average molecular weight is 240 g/mol. The van der Waals surface area contributed by atoms with E-state index in [0.717, 1.165) is 18.8 Å². The van der Waals surface area contributed by atoms with Crippen LogP contribution in [0.15, 0.2) is 0 Å². The molecule has 1 heterocycles. The Hall–Kier alpha value is -0.610. The summed E-state index contributed by atoms with van der Waals surface area (Å²) in [5, 5.41) is 3.15. The predicted molar refractivity (Wildman–Crippen MR) is 66.5 cm³/mol. The third-order valence-corrected chi connectivity index (χ3v) is 4.39. The Morgan fingerprint density at radius 1 is 1.35 bits per heavy atom. The van der Waals surface area contributed by atoms with Gasteiger partial charge in [-0.2, -0.15) is 0 Å². The van der Waals surface area contributed by atoms with Gasteiger partial charge in [0.1, 0.15) is 0 Å². The van der Waals surface area contributed by atoms with Crippen molar-refractivity contribution < 1.29 is 9.53 Å². The number of amides is 1. The summed E-state index contributed by atoms with van der Waals surface area (Å²) in [4.78, 5) is 12.3. The third kappa shape index (κ3) is 2.63. The molecule has 0 aromatic carbocycles. The Kier molecular flexibility index (Phi) is 3.73. The third-order valence-electron chi connectivity index (χ3n) is 4.39. The smallest absolute Gasteiger partial charge is 0.230 e. The Morgan fingerprint density at radius 3 is 2.53 bits per heavy atom. The average Bonchev–Trinajstić information content (AvgIpc) is 2.64. The standard InChI is InChI=1S/C13H24N2O2/c1-9-3-5-10(6-4-9)15-12(16)13(2)8-17-7-11(13)14/h9-11H,3-8,14H2,1-2H3,(H,15,16). The quantitative estimate of drug-likeness (QED) is 0.758. The van der Waals surface area contributed by atoms with Gasteiger partial charge in [0.05, 0.1) is 18.6 Å². The summed E-state index contributed by atoms with van der Waals surface area (Å²) in [6.45, 7) is 5.13. The summed E-state index contributed by atoms with van der Waals surface area (Å²) in [6.07, 6.45) is 4.62. The molecule has 1 amide bonds. The van der Waals surface area contributed by atoms with Crippen molar-refractivity contribution in [2.24, 2.45) is 17.1 Å². The highest BCUT2D eigenvalue weighted by Gasteiger charge is 2.44. The minimum absolute atomic E-state index is 0.0713. The largest absolute Gasteiger partial charge is 0.379 e. The lowest BCUT2D eigenvalue weighted by Crippen LogP contribution is -2.52. The van der Waals surface area contributed by atoms with Gasteiger partial charge >= 0.3 is 0 Å². The molecule has 4 nitrogen and oxygen atoms in total. The number of hydrogen-bond acceptors (Lipinski definition) is 3. The Bertz CT molecular complexity index is 287. The van der Waals surface area contributed by atoms with E-state index in [2.05, 4.69) is 12.2 Å². The molecule has 17 heavy (non-hydrogen) atoms. The molecule has 0 spiro atoms. The van der Waals surface area contributed by atoms with Crippen molar-refractivity contribution in [3.63, 3.8) is 0 Å². The monoisotopic (exact) mass is 240 g/mol. The zero-order chi connectivity index (χ0) is 12.5. The molecule has 2 atom stereocenters. The first-order valence-corrected chi connectivity index (χ1v) is 6.66. The number of nitrogens with two attached hydrogens (primary N) is 1. The fourth-order valence-corrected chi connectivity index (χ4v) is 2.68. The van der Waals surface area contributed by atoms with Crippen LogP contribution in [0.4, 0.5) is 0 Å². The van der Waals surface area contributed by atoms with Crippen LogP contribution in [0.1, 0.15) is 39.5 Å². The predicted octanol–water partition coefficient (Wildman–Crippen LogP) is 1.05. The van der Waals surface area contributed by atoms with Gasteiger partial charge in [0.25, 0.3) is 0 Å². The number of rotatable bonds is 2. The van der Waals surface area contributed by atoms with Gasteiger partial charge in [-0.1, -0.05) is 6.92 Å². The normalized spacial score (nSPS) is 42.4. The van der Waals surface area contributed by atoms with Crippen molar-refractivity contribution in [2.75, 3.05) is 13.2 Å². The summed E-state index contributed by atoms with van der Waals surface area (Å²) in [5.74, 6) is 0.873. The van der Waals surface area contributed by atoms with E-state index in [1.165, 1.54) is 12.8 Å². The molecule has 2 unspecified atom stereocenters. The van der Waals surface area contributed by atoms with Crippen LogP contribution in [-0.2, 0) is 9.53 Å². The van der Waals surface area contributed by atoms with Crippen LogP contribution in [0.5, 0.6) is 0 Å². The van der Waals surface area contributed by atoms with Crippen LogP contribution < -0.4 is 11.1 Å². The van der Waals surface area contributed by atoms with E-state index in [1.807, 2.05) is 6.92 Å². The van der Waals surface area contributed by atoms with Crippen LogP contribution in [0.2, 0.25) is 0 Å². The van der Waals surface area contributed by atoms with E-state index in [9.17, 15) is 4.79 Å². The number of carbonyl (C=O) groups is 1. The lowest BCUT2D eigenvalue weighted by molar-refractivity contribution is -0.131. The molecule has 0 radical (unpaired) electrons. The van der Waals surface area contributed by atoms with Gasteiger partial charge in [0.2, 0.25) is 5.91 Å². The van der Waals surface area contributed by atoms with E-state index in [0.29, 0.717) is 19.3 Å². The fraction of sp³-hybridized carbons (Fsp3) is 0.923. The molecular formula is C13H24N2O2. The highest BCUT2D eigenvalue weighted by atomic mass is 16.5. The first kappa shape index (κ1) is 12.8. The van der Waals surface area contributed by atoms with Crippen LogP contribution in [-0.4, -0.2) is 31.2 Å². The molecule has 1 saturated carbocycles. The molecule has 0 aromatic rings. The van der Waals surface area contributed by atoms with Gasteiger partial charge in [-0.3, -0.25) is 4.79 Å². The topological polar surface area (TPSA) is 64.3 Å². The molecule has 1 aliphatic carbocycles. The van der Waals surface area contributed by atoms with Gasteiger partial charge in [-0.05, 0) is 38.5 Å². The summed E-state index contributed by atoms with van der Waals surface area (Å²) in [5.41, 5.74) is 5.42. The molecule has 4 heteroatoms. The molecule has 2 aliphatic rings. The van der Waals surface area contributed by atoms with Crippen molar-refractivity contribution in [2.45, 2.75) is 51.6 Å². The van der Waals surface area contributed by atoms with Gasteiger partial charge in [-0.15, -0.1) is 0 Å². The molecule has 1 aliphatic heterocycles. The number of nitrogens with one attached hydrogen (secondary N) is 1. The van der Waals surface area contributed by atoms with E-state index in [-0.39, 0.29) is 11.9 Å². The van der Waals surface area contributed by atoms with E-state index < -0.39 is 5.41 Å². The molecule has 2 rings (SSSR count). The second kappa shape index (κ2) is 4.94. The second-order valence-electron chi connectivity index (χ2n) is 5.97. The molecule has 0 bridgehead atoms. The minimum Gasteiger partial charge on any atom is -0.379 e. The van der Waals surface area contributed by atoms with E-state index >= 15 is 0 Å². The SMILES string of the molecule is CC1CCC(NC(=O)C2(C)COCC2N)CC1. The highest BCUT2D eigenvalue weighted by molar-refractivity contribution is 5.83. The van der Waals surface area contributed by atoms with Gasteiger partial charge in [-0.25, -0.2) is 0 Å². The molecular weight excluding hydrogens is 216 g/mol. The summed E-state index contributed by atoms with van der Waals surface area (Å²) in [6, 6.07) is 0.160. The lowest BCUT2D eigenvalue weighted by atomic mass is 9.83. The van der Waals surface area contributed by atoms with E-state index in [4.69, 9.17) is 10.5 Å².